The van der Waals surface area contributed by atoms with Crippen molar-refractivity contribution in [3.05, 3.63) is 59.6 Å². The highest BCUT2D eigenvalue weighted by Gasteiger charge is 2.21. The number of amides is 1. The van der Waals surface area contributed by atoms with Gasteiger partial charge in [-0.3, -0.25) is 10.1 Å². The van der Waals surface area contributed by atoms with Gasteiger partial charge in [0, 0.05) is 29.1 Å². The molecular weight excluding hydrogens is 358 g/mol. The number of nitrogens with one attached hydrogen (secondary N) is 1. The van der Waals surface area contributed by atoms with Gasteiger partial charge in [-0.25, -0.2) is 9.97 Å². The lowest BCUT2D eigenvalue weighted by atomic mass is 10.1. The summed E-state index contributed by atoms with van der Waals surface area (Å²) in [6, 6.07) is 9.32. The topological polar surface area (TPSA) is 93.8 Å². The molecule has 7 nitrogen and oxygen atoms in total. The van der Waals surface area contributed by atoms with Gasteiger partial charge >= 0.3 is 0 Å². The molecule has 0 aliphatic heterocycles. The third-order valence-electron chi connectivity index (χ3n) is 3.37. The first-order chi connectivity index (χ1) is 12.3. The van der Waals surface area contributed by atoms with E-state index in [1.807, 2.05) is 24.3 Å². The summed E-state index contributed by atoms with van der Waals surface area (Å²) in [4.78, 5) is 21.0. The fourth-order valence-electron chi connectivity index (χ4n) is 2.30. The van der Waals surface area contributed by atoms with Crippen molar-refractivity contribution in [1.29, 1.82) is 0 Å². The third-order valence-corrected chi connectivity index (χ3v) is 4.88. The predicted molar refractivity (Wildman–Crippen MR) is 95.7 cm³/mol. The zero-order valence-electron chi connectivity index (χ0n) is 12.7. The maximum Gasteiger partial charge on any atom is 0.293 e. The summed E-state index contributed by atoms with van der Waals surface area (Å²) in [7, 11) is 0. The summed E-state index contributed by atoms with van der Waals surface area (Å²) in [6.45, 7) is 0. The quantitative estimate of drug-likeness (QED) is 0.424. The van der Waals surface area contributed by atoms with Crippen LogP contribution in [0.4, 0.5) is 5.13 Å². The number of carbonyl (C=O) groups is 1. The summed E-state index contributed by atoms with van der Waals surface area (Å²) >= 11 is 2.69. The Morgan fingerprint density at radius 1 is 1.20 bits per heavy atom. The Kier molecular flexibility index (Phi) is 4.40. The number of benzene rings is 1. The van der Waals surface area contributed by atoms with Gasteiger partial charge in [0.15, 0.2) is 10.9 Å². The zero-order valence-corrected chi connectivity index (χ0v) is 14.4. The second-order valence-electron chi connectivity index (χ2n) is 4.92. The number of para-hydroxylation sites is 1. The number of anilines is 1. The number of furan rings is 1. The smallest absolute Gasteiger partial charge is 0.293 e. The van der Waals surface area contributed by atoms with Crippen LogP contribution in [0.5, 0.6) is 0 Å². The van der Waals surface area contributed by atoms with Crippen molar-refractivity contribution in [2.45, 2.75) is 10.9 Å². The average molecular weight is 369 g/mol. The number of thioether (sulfide) groups is 1. The van der Waals surface area contributed by atoms with Gasteiger partial charge in [0.1, 0.15) is 11.1 Å². The molecule has 3 aromatic heterocycles. The Hall–Kier alpha value is -2.78. The molecular formula is C16H11N5O2S2. The van der Waals surface area contributed by atoms with Crippen molar-refractivity contribution < 1.29 is 9.21 Å². The molecule has 25 heavy (non-hydrogen) atoms. The van der Waals surface area contributed by atoms with Crippen LogP contribution in [0.25, 0.3) is 11.0 Å². The minimum Gasteiger partial charge on any atom is -0.451 e. The van der Waals surface area contributed by atoms with Gasteiger partial charge in [-0.05, 0) is 12.1 Å². The Balaban J connectivity index is 1.66. The van der Waals surface area contributed by atoms with Gasteiger partial charge in [-0.1, -0.05) is 41.3 Å². The van der Waals surface area contributed by atoms with Gasteiger partial charge in [0.2, 0.25) is 5.13 Å². The highest BCUT2D eigenvalue weighted by molar-refractivity contribution is 7.98. The average Bonchev–Trinajstić information content (AvgIpc) is 3.28. The van der Waals surface area contributed by atoms with E-state index in [4.69, 9.17) is 4.42 Å². The van der Waals surface area contributed by atoms with E-state index in [2.05, 4.69) is 25.5 Å². The maximum atomic E-state index is 12.6. The van der Waals surface area contributed by atoms with Crippen LogP contribution in [-0.2, 0) is 5.75 Å². The van der Waals surface area contributed by atoms with Gasteiger partial charge in [0.05, 0.1) is 0 Å². The van der Waals surface area contributed by atoms with Crippen molar-refractivity contribution in [1.82, 2.24) is 20.2 Å². The fourth-order valence-corrected chi connectivity index (χ4v) is 3.57. The van der Waals surface area contributed by atoms with Crippen molar-refractivity contribution in [3.63, 3.8) is 0 Å². The number of aromatic nitrogens is 4. The normalized spacial score (nSPS) is 10.9. The molecule has 4 aromatic rings. The molecule has 4 rings (SSSR count). The van der Waals surface area contributed by atoms with E-state index in [9.17, 15) is 4.79 Å². The molecule has 0 fully saturated rings. The predicted octanol–water partition coefficient (Wildman–Crippen LogP) is 3.62. The molecule has 124 valence electrons. The van der Waals surface area contributed by atoms with Crippen molar-refractivity contribution in [2.75, 3.05) is 5.32 Å². The van der Waals surface area contributed by atoms with E-state index in [0.29, 0.717) is 21.6 Å². The van der Waals surface area contributed by atoms with E-state index in [1.165, 1.54) is 23.1 Å². The van der Waals surface area contributed by atoms with Gasteiger partial charge in [0.25, 0.3) is 5.91 Å². The Morgan fingerprint density at radius 2 is 2.04 bits per heavy atom. The van der Waals surface area contributed by atoms with Gasteiger partial charge < -0.3 is 4.42 Å². The number of carbonyl (C=O) groups excluding carboxylic acids is 1. The van der Waals surface area contributed by atoms with Crippen LogP contribution >= 0.6 is 23.1 Å². The molecule has 0 saturated carbocycles. The van der Waals surface area contributed by atoms with Crippen LogP contribution in [0, 0.1) is 0 Å². The Morgan fingerprint density at radius 3 is 2.84 bits per heavy atom. The summed E-state index contributed by atoms with van der Waals surface area (Å²) in [6.07, 6.45) is 3.37. The lowest BCUT2D eigenvalue weighted by molar-refractivity contribution is 0.0997. The lowest BCUT2D eigenvalue weighted by Gasteiger charge is -2.02. The van der Waals surface area contributed by atoms with Crippen molar-refractivity contribution in [3.8, 4) is 0 Å². The molecule has 0 spiro atoms. The first kappa shape index (κ1) is 15.7. The molecule has 0 aliphatic rings. The minimum absolute atomic E-state index is 0.264. The number of hydrogen-bond donors (Lipinski definition) is 1. The molecule has 0 radical (unpaired) electrons. The molecule has 1 amide bonds. The number of nitrogens with zero attached hydrogens (tertiary/aromatic N) is 4. The minimum atomic E-state index is -0.350. The first-order valence-corrected chi connectivity index (χ1v) is 9.15. The molecule has 3 heterocycles. The van der Waals surface area contributed by atoms with E-state index in [-0.39, 0.29) is 11.7 Å². The summed E-state index contributed by atoms with van der Waals surface area (Å²) < 4.78 is 5.79. The van der Waals surface area contributed by atoms with E-state index in [1.54, 1.807) is 24.0 Å². The number of rotatable bonds is 5. The summed E-state index contributed by atoms with van der Waals surface area (Å²) in [5.41, 5.74) is 3.02. The highest BCUT2D eigenvalue weighted by atomic mass is 32.2. The molecule has 0 saturated heterocycles. The number of fused-ring (bicyclic) bond motifs is 1. The molecule has 1 aromatic carbocycles. The molecule has 0 aliphatic carbocycles. The second kappa shape index (κ2) is 6.99. The van der Waals surface area contributed by atoms with Gasteiger partial charge in [-0.2, -0.15) is 0 Å². The lowest BCUT2D eigenvalue weighted by Crippen LogP contribution is -2.12. The largest absolute Gasteiger partial charge is 0.451 e. The standard InChI is InChI=1S/C16H11N5O2S2/c22-14(20-16-21-19-9-25-16)13-11(8-24-15-17-6-3-7-18-15)10-4-1-2-5-12(10)23-13/h1-7,9H,8H2,(H,20,21,22). The molecule has 1 N–H and O–H groups in total. The van der Waals surface area contributed by atoms with Crippen molar-refractivity contribution >= 4 is 45.1 Å². The first-order valence-electron chi connectivity index (χ1n) is 7.29. The highest BCUT2D eigenvalue weighted by Crippen LogP contribution is 2.31. The molecule has 0 unspecified atom stereocenters. The fraction of sp³-hybridized carbons (Fsp3) is 0.0625. The third kappa shape index (κ3) is 3.37. The van der Waals surface area contributed by atoms with Crippen LogP contribution < -0.4 is 5.32 Å². The Bertz CT molecular complexity index is 1000. The summed E-state index contributed by atoms with van der Waals surface area (Å²) in [5, 5.41) is 12.2. The van der Waals surface area contributed by atoms with Crippen LogP contribution in [0.3, 0.4) is 0 Å². The Labute approximate surface area is 150 Å². The number of hydrogen-bond acceptors (Lipinski definition) is 8. The van der Waals surface area contributed by atoms with Crippen molar-refractivity contribution in [2.24, 2.45) is 0 Å². The zero-order chi connectivity index (χ0) is 17.1. The van der Waals surface area contributed by atoms with E-state index < -0.39 is 0 Å². The molecule has 0 atom stereocenters. The van der Waals surface area contributed by atoms with Crippen LogP contribution in [-0.4, -0.2) is 26.1 Å². The van der Waals surface area contributed by atoms with Gasteiger partial charge in [-0.15, -0.1) is 10.2 Å². The maximum absolute atomic E-state index is 12.6. The SMILES string of the molecule is O=C(Nc1nncs1)c1oc2ccccc2c1CSc1ncccn1. The molecule has 0 bridgehead atoms. The van der Waals surface area contributed by atoms with Crippen LogP contribution in [0.15, 0.2) is 57.8 Å². The van der Waals surface area contributed by atoms with E-state index in [0.717, 1.165) is 10.9 Å². The van der Waals surface area contributed by atoms with E-state index >= 15 is 0 Å². The van der Waals surface area contributed by atoms with Crippen LogP contribution in [0.2, 0.25) is 0 Å². The van der Waals surface area contributed by atoms with Crippen LogP contribution in [0.1, 0.15) is 16.1 Å². The second-order valence-corrected chi connectivity index (χ2v) is 6.70. The monoisotopic (exact) mass is 369 g/mol. The molecule has 9 heteroatoms. The summed E-state index contributed by atoms with van der Waals surface area (Å²) in [5.74, 6) is 0.428.